The van der Waals surface area contributed by atoms with E-state index in [-0.39, 0.29) is 36.7 Å². The van der Waals surface area contributed by atoms with Crippen LogP contribution < -0.4 is 4.90 Å². The Hall–Kier alpha value is -2.46. The van der Waals surface area contributed by atoms with Gasteiger partial charge in [0.1, 0.15) is 0 Å². The van der Waals surface area contributed by atoms with Crippen LogP contribution in [0.1, 0.15) is 57.4 Å². The van der Waals surface area contributed by atoms with Gasteiger partial charge in [0.05, 0.1) is 30.3 Å². The average molecular weight is 576 g/mol. The van der Waals surface area contributed by atoms with Crippen LogP contribution in [0.2, 0.25) is 0 Å². The number of aliphatic hydroxyl groups excluding tert-OH is 1. The maximum Gasteiger partial charge on any atom is 0.392 e. The summed E-state index contributed by atoms with van der Waals surface area (Å²) >= 11 is 0. The standard InChI is InChI=1S/C31H40F3N3O4/c1-18(38)23-14-24-25(15-26(23)31(32,33)34)30(41)36(29(24)40)17-21-7-4-6-20(21)16-35-11-9-22(10-12-35)37-27-8-3-2-5-19(27)13-28(37)39/h2-3,5,8,18,20-26,38H,4,6-7,9-17H2,1H3/t18?,20-,21-,23?,24?,25?,26?/m1/s1. The number of rotatable bonds is 6. The fourth-order valence-electron chi connectivity index (χ4n) is 8.58. The summed E-state index contributed by atoms with van der Waals surface area (Å²) in [5, 5.41) is 10.1. The van der Waals surface area contributed by atoms with Crippen LogP contribution in [0, 0.1) is 35.5 Å². The molecule has 4 fully saturated rings. The van der Waals surface area contributed by atoms with Crippen LogP contribution >= 0.6 is 0 Å². The average Bonchev–Trinajstić information content (AvgIpc) is 3.58. The topological polar surface area (TPSA) is 81.2 Å². The zero-order valence-corrected chi connectivity index (χ0v) is 23.6. The number of carbonyl (C=O) groups excluding carboxylic acids is 3. The third kappa shape index (κ3) is 5.31. The maximum atomic E-state index is 13.8. The Bertz CT molecular complexity index is 1180. The number of halogens is 3. The number of nitrogens with zero attached hydrogens (tertiary/aromatic N) is 3. The van der Waals surface area contributed by atoms with Crippen LogP contribution in [0.5, 0.6) is 0 Å². The second-order valence-corrected chi connectivity index (χ2v) is 13.1. The molecule has 0 aromatic heterocycles. The quantitative estimate of drug-likeness (QED) is 0.519. The molecule has 2 saturated heterocycles. The van der Waals surface area contributed by atoms with E-state index in [0.29, 0.717) is 12.3 Å². The number of carbonyl (C=O) groups is 3. The molecule has 3 amide bonds. The predicted octanol–water partition coefficient (Wildman–Crippen LogP) is 4.03. The van der Waals surface area contributed by atoms with E-state index in [1.165, 1.54) is 11.8 Å². The number of alkyl halides is 3. The van der Waals surface area contributed by atoms with Crippen LogP contribution in [-0.4, -0.2) is 77.1 Å². The highest BCUT2D eigenvalue weighted by Crippen LogP contribution is 2.50. The summed E-state index contributed by atoms with van der Waals surface area (Å²) in [5.74, 6) is -4.74. The van der Waals surface area contributed by atoms with Crippen molar-refractivity contribution in [2.45, 2.75) is 76.6 Å². The number of fused-ring (bicyclic) bond motifs is 2. The molecule has 7 atom stereocenters. The fraction of sp³-hybridized carbons (Fsp3) is 0.710. The number of anilines is 1. The van der Waals surface area contributed by atoms with Gasteiger partial charge in [-0.3, -0.25) is 19.3 Å². The number of piperidine rings is 1. The Morgan fingerprint density at radius 3 is 2.22 bits per heavy atom. The number of aliphatic hydroxyl groups is 1. The second kappa shape index (κ2) is 11.0. The molecule has 1 N–H and O–H groups in total. The lowest BCUT2D eigenvalue weighted by atomic mass is 9.67. The zero-order chi connectivity index (χ0) is 29.1. The van der Waals surface area contributed by atoms with Crippen LogP contribution in [0.4, 0.5) is 18.9 Å². The van der Waals surface area contributed by atoms with Crippen LogP contribution in [-0.2, 0) is 20.8 Å². The number of benzene rings is 1. The molecule has 224 valence electrons. The molecule has 3 heterocycles. The largest absolute Gasteiger partial charge is 0.393 e. The molecule has 5 unspecified atom stereocenters. The van der Waals surface area contributed by atoms with Crippen LogP contribution in [0.25, 0.3) is 0 Å². The summed E-state index contributed by atoms with van der Waals surface area (Å²) in [5.41, 5.74) is 2.13. The lowest BCUT2D eigenvalue weighted by Crippen LogP contribution is -2.48. The molecule has 41 heavy (non-hydrogen) atoms. The second-order valence-electron chi connectivity index (χ2n) is 13.1. The van der Waals surface area contributed by atoms with Gasteiger partial charge < -0.3 is 14.9 Å². The molecular weight excluding hydrogens is 535 g/mol. The van der Waals surface area contributed by atoms with Gasteiger partial charge in [0.2, 0.25) is 17.7 Å². The summed E-state index contributed by atoms with van der Waals surface area (Å²) in [7, 11) is 0. The van der Waals surface area contributed by atoms with Crippen molar-refractivity contribution in [2.24, 2.45) is 35.5 Å². The first-order chi connectivity index (χ1) is 19.5. The van der Waals surface area contributed by atoms with Gasteiger partial charge in [0.15, 0.2) is 0 Å². The van der Waals surface area contributed by atoms with E-state index in [4.69, 9.17) is 0 Å². The first kappa shape index (κ1) is 28.6. The van der Waals surface area contributed by atoms with Crippen molar-refractivity contribution in [2.75, 3.05) is 31.1 Å². The van der Waals surface area contributed by atoms with Crippen LogP contribution in [0.15, 0.2) is 24.3 Å². The summed E-state index contributed by atoms with van der Waals surface area (Å²) < 4.78 is 41.4. The molecule has 0 radical (unpaired) electrons. The Kier molecular flexibility index (Phi) is 7.68. The molecule has 1 aromatic carbocycles. The van der Waals surface area contributed by atoms with Crippen molar-refractivity contribution in [1.29, 1.82) is 0 Å². The van der Waals surface area contributed by atoms with Crippen molar-refractivity contribution >= 4 is 23.4 Å². The Balaban J connectivity index is 1.06. The molecule has 7 nitrogen and oxygen atoms in total. The number of hydrogen-bond acceptors (Lipinski definition) is 5. The molecule has 1 aromatic rings. The van der Waals surface area contributed by atoms with E-state index >= 15 is 0 Å². The fourth-order valence-corrected chi connectivity index (χ4v) is 8.58. The number of imide groups is 1. The van der Waals surface area contributed by atoms with Gasteiger partial charge >= 0.3 is 6.18 Å². The summed E-state index contributed by atoms with van der Waals surface area (Å²) in [6, 6.07) is 8.19. The SMILES string of the molecule is CC(O)C1CC2C(=O)N(C[C@H]3CCC[C@@H]3CN3CCC(N4C(=O)Cc5ccccc54)CC3)C(=O)C2CC1C(F)(F)F. The van der Waals surface area contributed by atoms with E-state index in [0.717, 1.165) is 63.0 Å². The van der Waals surface area contributed by atoms with Gasteiger partial charge in [0, 0.05) is 37.9 Å². The molecule has 2 aliphatic carbocycles. The molecule has 2 saturated carbocycles. The van der Waals surface area contributed by atoms with Crippen LogP contribution in [0.3, 0.4) is 0 Å². The summed E-state index contributed by atoms with van der Waals surface area (Å²) in [6.07, 6.45) is -1.05. The molecule has 6 rings (SSSR count). The minimum absolute atomic E-state index is 0.0966. The van der Waals surface area contributed by atoms with E-state index in [9.17, 15) is 32.7 Å². The van der Waals surface area contributed by atoms with E-state index in [1.54, 1.807) is 0 Å². The lowest BCUT2D eigenvalue weighted by molar-refractivity contribution is -0.213. The third-order valence-electron chi connectivity index (χ3n) is 10.8. The number of amides is 3. The van der Waals surface area contributed by atoms with E-state index < -0.39 is 48.3 Å². The highest BCUT2D eigenvalue weighted by molar-refractivity contribution is 6.05. The Morgan fingerprint density at radius 1 is 0.927 bits per heavy atom. The molecule has 10 heteroatoms. The number of hydrogen-bond donors (Lipinski definition) is 1. The van der Waals surface area contributed by atoms with Gasteiger partial charge in [-0.2, -0.15) is 13.2 Å². The van der Waals surface area contributed by atoms with Gasteiger partial charge in [-0.05, 0) is 74.8 Å². The molecular formula is C31H40F3N3O4. The van der Waals surface area contributed by atoms with Crippen molar-refractivity contribution in [3.63, 3.8) is 0 Å². The Morgan fingerprint density at radius 2 is 1.56 bits per heavy atom. The molecule has 0 bridgehead atoms. The van der Waals surface area contributed by atoms with E-state index in [1.807, 2.05) is 29.2 Å². The van der Waals surface area contributed by atoms with Crippen molar-refractivity contribution in [3.05, 3.63) is 29.8 Å². The highest BCUT2D eigenvalue weighted by atomic mass is 19.4. The maximum absolute atomic E-state index is 13.8. The molecule has 5 aliphatic rings. The zero-order valence-electron chi connectivity index (χ0n) is 23.6. The molecule has 0 spiro atoms. The monoisotopic (exact) mass is 575 g/mol. The normalized spacial score (nSPS) is 33.9. The predicted molar refractivity (Wildman–Crippen MR) is 146 cm³/mol. The van der Waals surface area contributed by atoms with Gasteiger partial charge in [-0.1, -0.05) is 24.6 Å². The first-order valence-electron chi connectivity index (χ1n) is 15.2. The van der Waals surface area contributed by atoms with Crippen molar-refractivity contribution in [3.8, 4) is 0 Å². The molecule has 3 aliphatic heterocycles. The summed E-state index contributed by atoms with van der Waals surface area (Å²) in [6.45, 7) is 4.25. The number of para-hydroxylation sites is 1. The third-order valence-corrected chi connectivity index (χ3v) is 10.8. The van der Waals surface area contributed by atoms with Gasteiger partial charge in [-0.15, -0.1) is 0 Å². The minimum atomic E-state index is -4.52. The Labute approximate surface area is 239 Å². The van der Waals surface area contributed by atoms with Crippen molar-refractivity contribution < 1.29 is 32.7 Å². The lowest BCUT2D eigenvalue weighted by Gasteiger charge is -2.38. The van der Waals surface area contributed by atoms with E-state index in [2.05, 4.69) is 4.90 Å². The van der Waals surface area contributed by atoms with Gasteiger partial charge in [0.25, 0.3) is 0 Å². The smallest absolute Gasteiger partial charge is 0.392 e. The minimum Gasteiger partial charge on any atom is -0.393 e. The van der Waals surface area contributed by atoms with Gasteiger partial charge in [-0.25, -0.2) is 0 Å². The highest BCUT2D eigenvalue weighted by Gasteiger charge is 2.59. The summed E-state index contributed by atoms with van der Waals surface area (Å²) in [4.78, 5) is 45.1. The van der Waals surface area contributed by atoms with Crippen molar-refractivity contribution in [1.82, 2.24) is 9.80 Å². The number of likely N-dealkylation sites (tertiary alicyclic amines) is 2. The first-order valence-corrected chi connectivity index (χ1v) is 15.2.